The highest BCUT2D eigenvalue weighted by Gasteiger charge is 2.09. The summed E-state index contributed by atoms with van der Waals surface area (Å²) in [4.78, 5) is 10.4. The van der Waals surface area contributed by atoms with Gasteiger partial charge in [-0.25, -0.2) is 0 Å². The maximum atomic E-state index is 10.8. The van der Waals surface area contributed by atoms with Crippen molar-refractivity contribution in [2.45, 2.75) is 20.4 Å². The number of nitro benzene ring substituents is 1. The molecule has 0 heterocycles. The van der Waals surface area contributed by atoms with Crippen LogP contribution in [-0.4, -0.2) is 11.5 Å². The Kier molecular flexibility index (Phi) is 4.90. The number of nitrogens with one attached hydrogen (secondary N) is 1. The Labute approximate surface area is 123 Å². The third-order valence-electron chi connectivity index (χ3n) is 3.04. The summed E-state index contributed by atoms with van der Waals surface area (Å²) in [6, 6.07) is 12.1. The summed E-state index contributed by atoms with van der Waals surface area (Å²) in [7, 11) is 0. The van der Waals surface area contributed by atoms with Gasteiger partial charge in [0.2, 0.25) is 0 Å². The van der Waals surface area contributed by atoms with Crippen molar-refractivity contribution in [3.05, 3.63) is 63.7 Å². The van der Waals surface area contributed by atoms with Crippen LogP contribution >= 0.6 is 0 Å². The van der Waals surface area contributed by atoms with Crippen LogP contribution in [0.3, 0.4) is 0 Å². The average molecular weight is 286 g/mol. The molecule has 0 atom stereocenters. The molecule has 5 nitrogen and oxygen atoms in total. The zero-order chi connectivity index (χ0) is 15.2. The third-order valence-corrected chi connectivity index (χ3v) is 3.04. The molecule has 0 fully saturated rings. The molecule has 2 aromatic carbocycles. The minimum absolute atomic E-state index is 0.0212. The van der Waals surface area contributed by atoms with E-state index in [2.05, 4.69) is 11.4 Å². The quantitative estimate of drug-likeness (QED) is 0.648. The Hall–Kier alpha value is -2.40. The minimum Gasteiger partial charge on any atom is -0.457 e. The molecule has 0 aliphatic rings. The summed E-state index contributed by atoms with van der Waals surface area (Å²) in [5.74, 6) is 1.17. The number of benzene rings is 2. The van der Waals surface area contributed by atoms with Crippen LogP contribution in [0.4, 0.5) is 5.69 Å². The number of aryl methyl sites for hydroxylation is 1. The van der Waals surface area contributed by atoms with E-state index in [1.165, 1.54) is 12.1 Å². The molecular formula is C16H18N2O3. The van der Waals surface area contributed by atoms with Crippen LogP contribution in [-0.2, 0) is 6.54 Å². The van der Waals surface area contributed by atoms with Gasteiger partial charge < -0.3 is 10.1 Å². The lowest BCUT2D eigenvalue weighted by Gasteiger charge is -2.12. The van der Waals surface area contributed by atoms with Crippen molar-refractivity contribution < 1.29 is 9.66 Å². The lowest BCUT2D eigenvalue weighted by atomic mass is 10.1. The smallest absolute Gasteiger partial charge is 0.273 e. The number of ether oxygens (including phenoxy) is 1. The molecule has 0 saturated heterocycles. The summed E-state index contributed by atoms with van der Waals surface area (Å²) in [5.41, 5.74) is 2.20. The highest BCUT2D eigenvalue weighted by atomic mass is 16.6. The normalized spacial score (nSPS) is 10.4. The second kappa shape index (κ2) is 6.85. The predicted molar refractivity (Wildman–Crippen MR) is 81.7 cm³/mol. The Morgan fingerprint density at radius 1 is 1.24 bits per heavy atom. The Morgan fingerprint density at radius 2 is 2.05 bits per heavy atom. The molecule has 2 rings (SSSR count). The van der Waals surface area contributed by atoms with E-state index in [1.54, 1.807) is 12.1 Å². The number of hydrogen-bond acceptors (Lipinski definition) is 4. The Bertz CT molecular complexity index is 641. The second-order valence-electron chi connectivity index (χ2n) is 4.75. The topological polar surface area (TPSA) is 64.4 Å². The number of nitro groups is 1. The minimum atomic E-state index is -0.429. The molecule has 0 radical (unpaired) electrons. The van der Waals surface area contributed by atoms with Gasteiger partial charge in [0.05, 0.1) is 11.0 Å². The lowest BCUT2D eigenvalue weighted by molar-refractivity contribution is -0.384. The van der Waals surface area contributed by atoms with E-state index < -0.39 is 4.92 Å². The molecule has 0 aromatic heterocycles. The largest absolute Gasteiger partial charge is 0.457 e. The van der Waals surface area contributed by atoms with Gasteiger partial charge in [0, 0.05) is 18.2 Å². The standard InChI is InChI=1S/C16H18N2O3/c1-3-17-11-13-9-12(2)7-8-16(13)21-15-6-4-5-14(10-15)18(19)20/h4-10,17H,3,11H2,1-2H3. The molecule has 0 unspecified atom stereocenters. The molecular weight excluding hydrogens is 268 g/mol. The van der Waals surface area contributed by atoms with Crippen LogP contribution in [0.2, 0.25) is 0 Å². The first-order chi connectivity index (χ1) is 10.1. The summed E-state index contributed by atoms with van der Waals surface area (Å²) >= 11 is 0. The highest BCUT2D eigenvalue weighted by Crippen LogP contribution is 2.28. The summed E-state index contributed by atoms with van der Waals surface area (Å²) in [5, 5.41) is 14.1. The van der Waals surface area contributed by atoms with Gasteiger partial charge in [-0.1, -0.05) is 30.7 Å². The predicted octanol–water partition coefficient (Wildman–Crippen LogP) is 3.81. The fourth-order valence-electron chi connectivity index (χ4n) is 1.99. The maximum Gasteiger partial charge on any atom is 0.273 e. The molecule has 0 amide bonds. The monoisotopic (exact) mass is 286 g/mol. The molecule has 0 aliphatic heterocycles. The van der Waals surface area contributed by atoms with Gasteiger partial charge in [0.1, 0.15) is 11.5 Å². The van der Waals surface area contributed by atoms with Gasteiger partial charge in [-0.3, -0.25) is 10.1 Å². The first kappa shape index (κ1) is 15.0. The van der Waals surface area contributed by atoms with Gasteiger partial charge in [-0.15, -0.1) is 0 Å². The molecule has 0 saturated carbocycles. The SMILES string of the molecule is CCNCc1cc(C)ccc1Oc1cccc([N+](=O)[O-])c1. The van der Waals surface area contributed by atoms with Gasteiger partial charge >= 0.3 is 0 Å². The first-order valence-electron chi connectivity index (χ1n) is 6.82. The lowest BCUT2D eigenvalue weighted by Crippen LogP contribution is -2.12. The van der Waals surface area contributed by atoms with E-state index in [1.807, 2.05) is 26.0 Å². The number of rotatable bonds is 6. The Balaban J connectivity index is 2.26. The molecule has 0 aliphatic carbocycles. The van der Waals surface area contributed by atoms with Crippen molar-refractivity contribution in [2.75, 3.05) is 6.54 Å². The van der Waals surface area contributed by atoms with Gasteiger partial charge in [-0.2, -0.15) is 0 Å². The molecule has 1 N–H and O–H groups in total. The number of nitrogens with zero attached hydrogens (tertiary/aromatic N) is 1. The van der Waals surface area contributed by atoms with Crippen molar-refractivity contribution in [1.29, 1.82) is 0 Å². The van der Waals surface area contributed by atoms with E-state index in [-0.39, 0.29) is 5.69 Å². The molecule has 2 aromatic rings. The highest BCUT2D eigenvalue weighted by molar-refractivity contribution is 5.43. The second-order valence-corrected chi connectivity index (χ2v) is 4.75. The fourth-order valence-corrected chi connectivity index (χ4v) is 1.99. The van der Waals surface area contributed by atoms with Crippen molar-refractivity contribution >= 4 is 5.69 Å². The van der Waals surface area contributed by atoms with Crippen molar-refractivity contribution in [2.24, 2.45) is 0 Å². The van der Waals surface area contributed by atoms with Crippen molar-refractivity contribution in [1.82, 2.24) is 5.32 Å². The van der Waals surface area contributed by atoms with Crippen molar-refractivity contribution in [3.63, 3.8) is 0 Å². The number of hydrogen-bond donors (Lipinski definition) is 1. The van der Waals surface area contributed by atoms with E-state index in [0.29, 0.717) is 18.0 Å². The van der Waals surface area contributed by atoms with Crippen LogP contribution in [0.1, 0.15) is 18.1 Å². The van der Waals surface area contributed by atoms with E-state index in [4.69, 9.17) is 4.74 Å². The van der Waals surface area contributed by atoms with E-state index in [0.717, 1.165) is 17.7 Å². The number of non-ortho nitro benzene ring substituents is 1. The van der Waals surface area contributed by atoms with Crippen LogP contribution in [0.25, 0.3) is 0 Å². The van der Waals surface area contributed by atoms with Crippen LogP contribution < -0.4 is 10.1 Å². The zero-order valence-electron chi connectivity index (χ0n) is 12.1. The molecule has 21 heavy (non-hydrogen) atoms. The summed E-state index contributed by atoms with van der Waals surface area (Å²) in [6.45, 7) is 5.62. The van der Waals surface area contributed by atoms with Crippen LogP contribution in [0.15, 0.2) is 42.5 Å². The molecule has 5 heteroatoms. The third kappa shape index (κ3) is 4.03. The van der Waals surface area contributed by atoms with Gasteiger partial charge in [0.25, 0.3) is 5.69 Å². The van der Waals surface area contributed by atoms with Crippen LogP contribution in [0, 0.1) is 17.0 Å². The molecule has 0 spiro atoms. The average Bonchev–Trinajstić information content (AvgIpc) is 2.47. The van der Waals surface area contributed by atoms with E-state index in [9.17, 15) is 10.1 Å². The summed E-state index contributed by atoms with van der Waals surface area (Å²) in [6.07, 6.45) is 0. The first-order valence-corrected chi connectivity index (χ1v) is 6.82. The molecule has 110 valence electrons. The van der Waals surface area contributed by atoms with Gasteiger partial charge in [-0.05, 0) is 25.6 Å². The zero-order valence-corrected chi connectivity index (χ0v) is 12.1. The van der Waals surface area contributed by atoms with Crippen LogP contribution in [0.5, 0.6) is 11.5 Å². The molecule has 0 bridgehead atoms. The fraction of sp³-hybridized carbons (Fsp3) is 0.250. The maximum absolute atomic E-state index is 10.8. The Morgan fingerprint density at radius 3 is 2.76 bits per heavy atom. The van der Waals surface area contributed by atoms with E-state index >= 15 is 0 Å². The van der Waals surface area contributed by atoms with Crippen molar-refractivity contribution in [3.8, 4) is 11.5 Å². The van der Waals surface area contributed by atoms with Gasteiger partial charge in [0.15, 0.2) is 0 Å². The summed E-state index contributed by atoms with van der Waals surface area (Å²) < 4.78 is 5.81.